The van der Waals surface area contributed by atoms with Crippen LogP contribution in [-0.2, 0) is 131 Å². The Balaban J connectivity index is 0.594. The fourth-order valence-corrected chi connectivity index (χ4v) is 14.9. The highest BCUT2D eigenvalue weighted by Crippen LogP contribution is 2.25. The Hall–Kier alpha value is -14.4. The quantitative estimate of drug-likeness (QED) is 0.0156. The summed E-state index contributed by atoms with van der Waals surface area (Å²) in [6.07, 6.45) is 20.0. The molecule has 10 aromatic heterocycles. The topological polar surface area (TPSA) is 487 Å². The van der Waals surface area contributed by atoms with Crippen molar-refractivity contribution in [3.63, 3.8) is 0 Å². The molecule has 8 amide bonds. The van der Waals surface area contributed by atoms with E-state index in [0.717, 1.165) is 19.4 Å². The minimum Gasteiger partial charge on any atom is -0.356 e. The summed E-state index contributed by atoms with van der Waals surface area (Å²) < 4.78 is 15.5. The predicted octanol–water partition coefficient (Wildman–Crippen LogP) is 5.98. The lowest BCUT2D eigenvalue weighted by atomic mass is 10.0. The molecule has 0 saturated carbocycles. The van der Waals surface area contributed by atoms with Crippen LogP contribution in [0, 0.1) is 0 Å². The summed E-state index contributed by atoms with van der Waals surface area (Å²) in [5.74, 6) is -5.29. The van der Waals surface area contributed by atoms with Crippen molar-refractivity contribution in [2.24, 2.45) is 76.2 Å². The van der Waals surface area contributed by atoms with Gasteiger partial charge in [-0.15, -0.1) is 0 Å². The van der Waals surface area contributed by atoms with Crippen molar-refractivity contribution in [2.45, 2.75) is 122 Å². The van der Waals surface area contributed by atoms with E-state index in [0.29, 0.717) is 81.4 Å². The molecule has 0 aliphatic carbocycles. The molecule has 0 unspecified atom stereocenters. The van der Waals surface area contributed by atoms with E-state index in [1.165, 1.54) is 72.9 Å². The number of aromatic nitrogens is 13. The SMILES string of the molecule is CN(C)CCCCC(=O)CCCC(=O)c1cc(CC(=O)c2cc(CC(=O)CCCC(=O)c3nc(CC(=O)c4cc(CC(=O)c5cc(CC(=O)CCCNC(=O)c6nc(NC(=O)c7nc(NC(=O)c8cc(NC(=O)CCNC(=O)c9cc(NC(=O)c%10cc(NC(=O)CCNC(=O)CCN)cn%10C)cn9C)cn8C)cn7C)cn6C)cn5C)cn4C)cn3C)cn2C)cn1C. The Bertz CT molecular complexity index is 5890. The van der Waals surface area contributed by atoms with Crippen LogP contribution in [0.15, 0.2) is 104 Å². The molecular weight excluding hydrogens is 1650 g/mol. The van der Waals surface area contributed by atoms with Crippen molar-refractivity contribution in [3.05, 3.63) is 190 Å². The zero-order valence-electron chi connectivity index (χ0n) is 74.2. The minimum absolute atomic E-state index is 0.00727. The summed E-state index contributed by atoms with van der Waals surface area (Å²) in [7, 11) is 20.4. The van der Waals surface area contributed by atoms with Crippen LogP contribution in [0.1, 0.15) is 223 Å². The van der Waals surface area contributed by atoms with E-state index >= 15 is 0 Å². The van der Waals surface area contributed by atoms with Crippen LogP contribution < -0.4 is 48.3 Å². The molecule has 0 aliphatic heterocycles. The average Bonchev–Trinajstić information content (AvgIpc) is 1.70. The van der Waals surface area contributed by atoms with Gasteiger partial charge in [0.25, 0.3) is 29.5 Å². The fourth-order valence-electron chi connectivity index (χ4n) is 14.9. The van der Waals surface area contributed by atoms with Gasteiger partial charge < -0.3 is 98.8 Å². The standard InChI is InChI=1S/C89H111N23O16/c1-102(2)31-14-13-18-62(113)19-15-22-72(116)65-36-56(46-103(65)3)38-74(118)66-34-54(44-104(66)4)32-63(114)20-16-23-73(117)82-96-61(51-110(82)10)43-76(120)68-37-57(47-106(68)6)39-75(119)67-35-55(45-105(67)5)33-64(115)21-17-28-92-88(127)83-98-78(53-111(83)11)101-89(128)84-99-77(52-112(84)12)100-87(126)71-41-59(49-109(71)9)95-81(123)26-30-93-85(124)69-42-60(50-107(69)7)97-86(125)70-40-58(48-108(70)8)94-80(122)25-29-91-79(121)24-27-90/h34-37,40-42,44-53H,13-33,38-39,43,90H2,1-12H3,(H,91,121)(H,92,127)(H,93,124)(H,94,122)(H,95,123)(H,97,125)(H,100,126)(H,101,128). The summed E-state index contributed by atoms with van der Waals surface area (Å²) >= 11 is 0. The first-order chi connectivity index (χ1) is 60.8. The van der Waals surface area contributed by atoms with E-state index < -0.39 is 35.4 Å². The number of carbonyl (C=O) groups is 16. The molecule has 39 nitrogen and oxygen atoms in total. The predicted molar refractivity (Wildman–Crippen MR) is 474 cm³/mol. The Labute approximate surface area is 738 Å². The number of nitrogens with two attached hydrogens (primary N) is 1. The number of unbranched alkanes of at least 4 members (excludes halogenated alkanes) is 1. The van der Waals surface area contributed by atoms with Gasteiger partial charge in [-0.05, 0) is 117 Å². The zero-order valence-corrected chi connectivity index (χ0v) is 74.2. The lowest BCUT2D eigenvalue weighted by Crippen LogP contribution is -2.29. The molecule has 0 radical (unpaired) electrons. The Kier molecular flexibility index (Phi) is 32.9. The van der Waals surface area contributed by atoms with E-state index in [1.807, 2.05) is 14.1 Å². The van der Waals surface area contributed by atoms with Crippen LogP contribution in [0.2, 0.25) is 0 Å². The number of aryl methyl sites for hydroxylation is 10. The molecule has 39 heteroatoms. The smallest absolute Gasteiger partial charge is 0.292 e. The number of ketones is 8. The number of nitrogens with one attached hydrogen (secondary N) is 8. The molecule has 10 heterocycles. The molecule has 0 bridgehead atoms. The summed E-state index contributed by atoms with van der Waals surface area (Å²) in [6, 6.07) is 11.1. The third kappa shape index (κ3) is 26.6. The van der Waals surface area contributed by atoms with Gasteiger partial charge in [0.15, 0.2) is 46.4 Å². The van der Waals surface area contributed by atoms with Gasteiger partial charge in [-0.1, -0.05) is 0 Å². The average molecular weight is 1760 g/mol. The number of carbonyl (C=O) groups excluding carboxylic acids is 16. The second-order valence-electron chi connectivity index (χ2n) is 32.4. The highest BCUT2D eigenvalue weighted by molar-refractivity contribution is 6.08. The number of hydrogen-bond donors (Lipinski definition) is 9. The molecule has 0 saturated heterocycles. The number of Topliss-reactive ketones (excluding diaryl/α,β-unsaturated/α-hetero) is 8. The number of amides is 8. The third-order valence-electron chi connectivity index (χ3n) is 21.2. The molecule has 0 fully saturated rings. The van der Waals surface area contributed by atoms with E-state index in [-0.39, 0.29) is 226 Å². The van der Waals surface area contributed by atoms with E-state index in [4.69, 9.17) is 5.73 Å². The maximum atomic E-state index is 13.8. The number of imidazole rings is 3. The van der Waals surface area contributed by atoms with E-state index in [9.17, 15) is 76.7 Å². The Morgan fingerprint density at radius 3 is 1.19 bits per heavy atom. The Morgan fingerprint density at radius 2 is 0.688 bits per heavy atom. The summed E-state index contributed by atoms with van der Waals surface area (Å²) in [6.45, 7) is 1.27. The monoisotopic (exact) mass is 1760 g/mol. The third-order valence-corrected chi connectivity index (χ3v) is 21.2. The number of rotatable bonds is 50. The fraction of sp³-hybridized carbons (Fsp3) is 0.404. The molecule has 0 spiro atoms. The highest BCUT2D eigenvalue weighted by atomic mass is 16.2. The van der Waals surface area contributed by atoms with Gasteiger partial charge in [0, 0.05) is 242 Å². The van der Waals surface area contributed by atoms with Crippen molar-refractivity contribution in [3.8, 4) is 0 Å². The van der Waals surface area contributed by atoms with Crippen molar-refractivity contribution in [2.75, 3.05) is 73.4 Å². The summed E-state index contributed by atoms with van der Waals surface area (Å²) in [4.78, 5) is 225. The van der Waals surface area contributed by atoms with Crippen LogP contribution in [0.4, 0.5) is 28.7 Å². The number of nitrogens with zero attached hydrogens (tertiary/aromatic N) is 14. The first-order valence-corrected chi connectivity index (χ1v) is 42.0. The Morgan fingerprint density at radius 1 is 0.297 bits per heavy atom. The van der Waals surface area contributed by atoms with Gasteiger partial charge in [0.05, 0.1) is 52.0 Å². The second-order valence-corrected chi connectivity index (χ2v) is 32.4. The summed E-state index contributed by atoms with van der Waals surface area (Å²) in [5.41, 5.74) is 11.3. The zero-order chi connectivity index (χ0) is 92.9. The minimum atomic E-state index is -0.718. The lowest BCUT2D eigenvalue weighted by molar-refractivity contribution is -0.121. The maximum Gasteiger partial charge on any atom is 0.292 e. The van der Waals surface area contributed by atoms with Crippen LogP contribution in [0.25, 0.3) is 0 Å². The largest absolute Gasteiger partial charge is 0.356 e. The van der Waals surface area contributed by atoms with Gasteiger partial charge in [0.2, 0.25) is 29.4 Å². The molecule has 678 valence electrons. The van der Waals surface area contributed by atoms with Gasteiger partial charge in [-0.2, -0.15) is 0 Å². The second kappa shape index (κ2) is 44.0. The molecular formula is C89H111N23O16. The van der Waals surface area contributed by atoms with Crippen molar-refractivity contribution in [1.82, 2.24) is 81.5 Å². The number of hydrogen-bond acceptors (Lipinski definition) is 21. The van der Waals surface area contributed by atoms with Gasteiger partial charge >= 0.3 is 0 Å². The van der Waals surface area contributed by atoms with Gasteiger partial charge in [-0.3, -0.25) is 76.7 Å². The molecule has 10 aromatic rings. The molecule has 0 aromatic carbocycles. The molecule has 10 N–H and O–H groups in total. The first kappa shape index (κ1) is 95.9. The molecule has 10 rings (SSSR count). The van der Waals surface area contributed by atoms with Crippen molar-refractivity contribution >= 4 is 122 Å². The maximum absolute atomic E-state index is 13.8. The van der Waals surface area contributed by atoms with Gasteiger partial charge in [0.1, 0.15) is 34.4 Å². The van der Waals surface area contributed by atoms with Crippen LogP contribution in [0.3, 0.4) is 0 Å². The molecule has 0 atom stereocenters. The van der Waals surface area contributed by atoms with Crippen LogP contribution in [-0.4, -0.2) is 206 Å². The summed E-state index contributed by atoms with van der Waals surface area (Å²) in [5, 5.41) is 21.4. The van der Waals surface area contributed by atoms with Crippen molar-refractivity contribution in [1.29, 1.82) is 0 Å². The van der Waals surface area contributed by atoms with E-state index in [1.54, 1.807) is 148 Å². The highest BCUT2D eigenvalue weighted by Gasteiger charge is 2.27. The molecule has 128 heavy (non-hydrogen) atoms. The van der Waals surface area contributed by atoms with Gasteiger partial charge in [-0.25, -0.2) is 15.0 Å². The van der Waals surface area contributed by atoms with Crippen LogP contribution >= 0.6 is 0 Å². The lowest BCUT2D eigenvalue weighted by Gasteiger charge is -2.08. The normalized spacial score (nSPS) is 11.2. The molecule has 0 aliphatic rings. The first-order valence-electron chi connectivity index (χ1n) is 42.0. The van der Waals surface area contributed by atoms with Crippen molar-refractivity contribution < 1.29 is 76.7 Å². The van der Waals surface area contributed by atoms with E-state index in [2.05, 4.69) is 62.4 Å². The number of anilines is 5. The van der Waals surface area contributed by atoms with Crippen LogP contribution in [0.5, 0.6) is 0 Å².